The lowest BCUT2D eigenvalue weighted by molar-refractivity contribution is 0.451. The van der Waals surface area contributed by atoms with Gasteiger partial charge in [0.2, 0.25) is 0 Å². The van der Waals surface area contributed by atoms with Crippen LogP contribution in [0, 0.1) is 12.8 Å². The van der Waals surface area contributed by atoms with Crippen LogP contribution in [0.15, 0.2) is 29.0 Å². The number of aromatic nitrogens is 3. The molecule has 1 aromatic carbocycles. The molecule has 1 atom stereocenters. The third-order valence-corrected chi connectivity index (χ3v) is 3.89. The number of nitrogens with zero attached hydrogens (tertiary/aromatic N) is 3. The van der Waals surface area contributed by atoms with Crippen LogP contribution in [0.25, 0.3) is 0 Å². The van der Waals surface area contributed by atoms with E-state index in [9.17, 15) is 0 Å². The third kappa shape index (κ3) is 4.38. The molecule has 0 aliphatic rings. The van der Waals surface area contributed by atoms with Gasteiger partial charge in [-0.15, -0.1) is 0 Å². The molecule has 0 amide bonds. The molecular weight excluding hydrogens is 328 g/mol. The SMILES string of the molecule is CNC(Cc1ncnn1CC(C)C)c1cc(C)cc(Br)c1. The van der Waals surface area contributed by atoms with E-state index < -0.39 is 0 Å². The molecule has 1 heterocycles. The fraction of sp³-hybridized carbons (Fsp3) is 0.500. The second-order valence-corrected chi connectivity index (χ2v) is 6.78. The molecule has 0 saturated heterocycles. The maximum atomic E-state index is 4.43. The molecule has 0 aliphatic carbocycles. The lowest BCUT2D eigenvalue weighted by Crippen LogP contribution is -2.22. The zero-order chi connectivity index (χ0) is 15.4. The van der Waals surface area contributed by atoms with Crippen molar-refractivity contribution in [1.82, 2.24) is 20.1 Å². The zero-order valence-corrected chi connectivity index (χ0v) is 14.7. The quantitative estimate of drug-likeness (QED) is 0.866. The molecule has 2 aromatic rings. The molecule has 5 heteroatoms. The van der Waals surface area contributed by atoms with E-state index in [4.69, 9.17) is 0 Å². The van der Waals surface area contributed by atoms with Crippen LogP contribution >= 0.6 is 15.9 Å². The Morgan fingerprint density at radius 2 is 2.05 bits per heavy atom. The van der Waals surface area contributed by atoms with Gasteiger partial charge in [0.15, 0.2) is 0 Å². The number of hydrogen-bond donors (Lipinski definition) is 1. The minimum atomic E-state index is 0.233. The fourth-order valence-electron chi connectivity index (χ4n) is 2.48. The predicted molar refractivity (Wildman–Crippen MR) is 89.2 cm³/mol. The zero-order valence-electron chi connectivity index (χ0n) is 13.1. The van der Waals surface area contributed by atoms with Crippen molar-refractivity contribution in [3.63, 3.8) is 0 Å². The first-order chi connectivity index (χ1) is 9.99. The van der Waals surface area contributed by atoms with Crippen LogP contribution in [-0.4, -0.2) is 21.8 Å². The van der Waals surface area contributed by atoms with Crippen molar-refractivity contribution >= 4 is 15.9 Å². The standard InChI is InChI=1S/C16H23BrN4/c1-11(2)9-21-16(19-10-20-21)8-15(18-4)13-5-12(3)6-14(17)7-13/h5-7,10-11,15,18H,8-9H2,1-4H3. The second kappa shape index (κ2) is 7.18. The van der Waals surface area contributed by atoms with E-state index in [-0.39, 0.29) is 6.04 Å². The normalized spacial score (nSPS) is 12.9. The Morgan fingerprint density at radius 1 is 1.29 bits per heavy atom. The number of benzene rings is 1. The van der Waals surface area contributed by atoms with Gasteiger partial charge in [0.25, 0.3) is 0 Å². The van der Waals surface area contributed by atoms with E-state index in [1.54, 1.807) is 6.33 Å². The van der Waals surface area contributed by atoms with Crippen LogP contribution < -0.4 is 5.32 Å². The van der Waals surface area contributed by atoms with Crippen molar-refractivity contribution in [1.29, 1.82) is 0 Å². The van der Waals surface area contributed by atoms with Crippen molar-refractivity contribution in [2.24, 2.45) is 5.92 Å². The largest absolute Gasteiger partial charge is 0.313 e. The molecule has 114 valence electrons. The smallest absolute Gasteiger partial charge is 0.138 e. The van der Waals surface area contributed by atoms with E-state index in [0.717, 1.165) is 23.3 Å². The highest BCUT2D eigenvalue weighted by atomic mass is 79.9. The molecule has 1 aromatic heterocycles. The first kappa shape index (κ1) is 16.2. The van der Waals surface area contributed by atoms with E-state index in [1.165, 1.54) is 11.1 Å². The summed E-state index contributed by atoms with van der Waals surface area (Å²) in [6.07, 6.45) is 2.48. The lowest BCUT2D eigenvalue weighted by Gasteiger charge is -2.18. The van der Waals surface area contributed by atoms with Crippen molar-refractivity contribution < 1.29 is 0 Å². The van der Waals surface area contributed by atoms with Crippen molar-refractivity contribution in [2.75, 3.05) is 7.05 Å². The molecule has 0 saturated carbocycles. The van der Waals surface area contributed by atoms with E-state index >= 15 is 0 Å². The molecule has 4 nitrogen and oxygen atoms in total. The van der Waals surface area contributed by atoms with Crippen LogP contribution in [-0.2, 0) is 13.0 Å². The molecule has 0 fully saturated rings. The Labute approximate surface area is 135 Å². The molecular formula is C16H23BrN4. The third-order valence-electron chi connectivity index (χ3n) is 3.44. The molecule has 0 aliphatic heterocycles. The van der Waals surface area contributed by atoms with Crippen molar-refractivity contribution in [3.8, 4) is 0 Å². The first-order valence-corrected chi connectivity index (χ1v) is 8.10. The molecule has 0 bridgehead atoms. The summed E-state index contributed by atoms with van der Waals surface area (Å²) in [5, 5.41) is 7.73. The Hall–Kier alpha value is -1.20. The summed E-state index contributed by atoms with van der Waals surface area (Å²) < 4.78 is 3.13. The number of hydrogen-bond acceptors (Lipinski definition) is 3. The Kier molecular flexibility index (Phi) is 5.53. The van der Waals surface area contributed by atoms with Gasteiger partial charge in [-0.1, -0.05) is 35.8 Å². The van der Waals surface area contributed by atoms with E-state index in [0.29, 0.717) is 5.92 Å². The van der Waals surface area contributed by atoms with E-state index in [1.807, 2.05) is 11.7 Å². The maximum Gasteiger partial charge on any atom is 0.138 e. The monoisotopic (exact) mass is 350 g/mol. The number of aryl methyl sites for hydroxylation is 1. The van der Waals surface area contributed by atoms with Gasteiger partial charge in [0, 0.05) is 23.5 Å². The first-order valence-electron chi connectivity index (χ1n) is 7.30. The molecule has 21 heavy (non-hydrogen) atoms. The molecule has 1 unspecified atom stereocenters. The summed E-state index contributed by atoms with van der Waals surface area (Å²) in [4.78, 5) is 4.43. The number of nitrogens with one attached hydrogen (secondary N) is 1. The number of rotatable bonds is 6. The summed E-state index contributed by atoms with van der Waals surface area (Å²) in [5.74, 6) is 1.59. The maximum absolute atomic E-state index is 4.43. The Balaban J connectivity index is 2.21. The van der Waals surface area contributed by atoms with Crippen LogP contribution in [0.5, 0.6) is 0 Å². The van der Waals surface area contributed by atoms with Crippen LogP contribution in [0.3, 0.4) is 0 Å². The Morgan fingerprint density at radius 3 is 2.67 bits per heavy atom. The summed E-state index contributed by atoms with van der Waals surface area (Å²) in [7, 11) is 1.99. The van der Waals surface area contributed by atoms with Crippen LogP contribution in [0.1, 0.15) is 36.8 Å². The summed E-state index contributed by atoms with van der Waals surface area (Å²) in [5.41, 5.74) is 2.52. The molecule has 0 radical (unpaired) electrons. The van der Waals surface area contributed by atoms with Gasteiger partial charge in [-0.3, -0.25) is 0 Å². The fourth-order valence-corrected chi connectivity index (χ4v) is 3.10. The molecule has 1 N–H and O–H groups in total. The number of likely N-dealkylation sites (N-methyl/N-ethyl adjacent to an activating group) is 1. The van der Waals surface area contributed by atoms with Crippen molar-refractivity contribution in [2.45, 2.75) is 39.8 Å². The highest BCUT2D eigenvalue weighted by Gasteiger charge is 2.15. The highest BCUT2D eigenvalue weighted by Crippen LogP contribution is 2.23. The van der Waals surface area contributed by atoms with E-state index in [2.05, 4.69) is 70.3 Å². The van der Waals surface area contributed by atoms with Gasteiger partial charge >= 0.3 is 0 Å². The van der Waals surface area contributed by atoms with Gasteiger partial charge in [0.05, 0.1) is 0 Å². The summed E-state index contributed by atoms with van der Waals surface area (Å²) in [6, 6.07) is 6.74. The van der Waals surface area contributed by atoms with Gasteiger partial charge in [0.1, 0.15) is 12.2 Å². The summed E-state index contributed by atoms with van der Waals surface area (Å²) >= 11 is 3.57. The molecule has 2 rings (SSSR count). The minimum absolute atomic E-state index is 0.233. The van der Waals surface area contributed by atoms with Crippen LogP contribution in [0.2, 0.25) is 0 Å². The Bertz CT molecular complexity index is 571. The van der Waals surface area contributed by atoms with Crippen molar-refractivity contribution in [3.05, 3.63) is 46.0 Å². The highest BCUT2D eigenvalue weighted by molar-refractivity contribution is 9.10. The van der Waals surface area contributed by atoms with Crippen LogP contribution in [0.4, 0.5) is 0 Å². The minimum Gasteiger partial charge on any atom is -0.313 e. The summed E-state index contributed by atoms with van der Waals surface area (Å²) in [6.45, 7) is 7.41. The van der Waals surface area contributed by atoms with Gasteiger partial charge in [-0.25, -0.2) is 9.67 Å². The van der Waals surface area contributed by atoms with Gasteiger partial charge in [-0.05, 0) is 43.1 Å². The lowest BCUT2D eigenvalue weighted by atomic mass is 10.0. The average molecular weight is 351 g/mol. The average Bonchev–Trinajstić information content (AvgIpc) is 2.81. The second-order valence-electron chi connectivity index (χ2n) is 5.86. The topological polar surface area (TPSA) is 42.7 Å². The predicted octanol–water partition coefficient (Wildman–Crippen LogP) is 3.51. The molecule has 0 spiro atoms. The number of halogens is 1. The van der Waals surface area contributed by atoms with Gasteiger partial charge in [-0.2, -0.15) is 5.10 Å². The van der Waals surface area contributed by atoms with Gasteiger partial charge < -0.3 is 5.32 Å².